The predicted octanol–water partition coefficient (Wildman–Crippen LogP) is 3.88. The quantitative estimate of drug-likeness (QED) is 0.160. The Morgan fingerprint density at radius 2 is 1.70 bits per heavy atom. The van der Waals surface area contributed by atoms with Gasteiger partial charge in [0.1, 0.15) is 24.2 Å². The summed E-state index contributed by atoms with van der Waals surface area (Å²) in [5.74, 6) is -13.1. The molecule has 0 spiro atoms. The second-order valence-electron chi connectivity index (χ2n) is 10.8. The molecule has 1 saturated heterocycles. The van der Waals surface area contributed by atoms with Gasteiger partial charge in [-0.05, 0) is 42.7 Å². The second-order valence-corrected chi connectivity index (χ2v) is 10.8. The van der Waals surface area contributed by atoms with Gasteiger partial charge in [-0.15, -0.1) is 0 Å². The number of Topliss-reactive ketones (excluding diaryl/α,β-unsaturated/α-hetero) is 1. The third-order valence-electron chi connectivity index (χ3n) is 7.75. The molecular weight excluding hydrogens is 615 g/mol. The molecule has 1 aliphatic rings. The smallest absolute Gasteiger partial charge is 0.265 e. The minimum Gasteiger partial charge on any atom is -0.479 e. The largest absolute Gasteiger partial charge is 0.479 e. The van der Waals surface area contributed by atoms with Crippen molar-refractivity contribution in [2.24, 2.45) is 11.7 Å². The van der Waals surface area contributed by atoms with Crippen molar-refractivity contribution in [3.05, 3.63) is 101 Å². The first kappa shape index (κ1) is 32.1. The topological polar surface area (TPSA) is 133 Å². The normalized spacial score (nSPS) is 15.8. The number of amides is 3. The maximum Gasteiger partial charge on any atom is 0.265 e. The number of rotatable bonds is 12. The van der Waals surface area contributed by atoms with E-state index in [9.17, 15) is 41.1 Å². The van der Waals surface area contributed by atoms with Crippen molar-refractivity contribution in [2.45, 2.75) is 31.3 Å². The maximum atomic E-state index is 14.2. The molecule has 2 heterocycles. The van der Waals surface area contributed by atoms with Crippen LogP contribution in [0, 0.1) is 35.0 Å². The summed E-state index contributed by atoms with van der Waals surface area (Å²) in [4.78, 5) is 52.4. The number of hydrogen-bond acceptors (Lipinski definition) is 5. The van der Waals surface area contributed by atoms with Crippen molar-refractivity contribution < 1.29 is 45.9 Å². The number of nitrogens with one attached hydrogen (secondary N) is 2. The Hall–Kier alpha value is -5.27. The van der Waals surface area contributed by atoms with Crippen LogP contribution in [0.25, 0.3) is 10.9 Å². The molecule has 5 rings (SSSR count). The average molecular weight is 643 g/mol. The summed E-state index contributed by atoms with van der Waals surface area (Å²) in [5, 5.41) is 5.72. The molecule has 1 fully saturated rings. The zero-order chi connectivity index (χ0) is 33.1. The summed E-state index contributed by atoms with van der Waals surface area (Å²) < 4.78 is 76.2. The SMILES string of the molecule is NC(=O)c1cc2ccccc2n1[C@@H](Cc1cccc(F)c1)C(=O)N[C@@H](C[C@@H]1CCNC1=O)C(=O)COc1c(F)c(F)cc(F)c1F. The lowest BCUT2D eigenvalue weighted by Gasteiger charge is -2.26. The zero-order valence-corrected chi connectivity index (χ0v) is 24.0. The Bertz CT molecular complexity index is 1820. The second kappa shape index (κ2) is 13.4. The first-order chi connectivity index (χ1) is 21.9. The molecular formula is C32H27F5N4O5. The average Bonchev–Trinajstić information content (AvgIpc) is 3.61. The van der Waals surface area contributed by atoms with E-state index in [2.05, 4.69) is 10.6 Å². The molecule has 1 aromatic heterocycles. The molecule has 46 heavy (non-hydrogen) atoms. The van der Waals surface area contributed by atoms with E-state index in [0.717, 1.165) is 0 Å². The van der Waals surface area contributed by atoms with Gasteiger partial charge < -0.3 is 25.7 Å². The number of fused-ring (bicyclic) bond motifs is 1. The zero-order valence-electron chi connectivity index (χ0n) is 24.0. The highest BCUT2D eigenvalue weighted by molar-refractivity contribution is 6.00. The van der Waals surface area contributed by atoms with Crippen LogP contribution in [-0.4, -0.2) is 47.3 Å². The Morgan fingerprint density at radius 1 is 0.978 bits per heavy atom. The number of halogens is 5. The number of carbonyl (C=O) groups excluding carboxylic acids is 4. The molecule has 4 N–H and O–H groups in total. The number of nitrogens with zero attached hydrogens (tertiary/aromatic N) is 1. The number of para-hydroxylation sites is 1. The fourth-order valence-corrected chi connectivity index (χ4v) is 5.50. The molecule has 14 heteroatoms. The Morgan fingerprint density at radius 3 is 2.35 bits per heavy atom. The first-order valence-electron chi connectivity index (χ1n) is 14.2. The standard InChI is InChI=1S/C32H27F5N4O5/c33-19-6-3-4-16(10-19)11-25(41-23-7-2-1-5-17(23)13-24(41)30(38)43)32(45)40-22(12-18-8-9-39-31(18)44)26(42)15-46-29-27(36)20(34)14-21(35)28(29)37/h1-7,10,13-14,18,22,25H,8-9,11-12,15H2,(H2,38,43)(H,39,44)(H,40,45)/t18-,22-,25-/m0/s1. The molecule has 1 aliphatic heterocycles. The van der Waals surface area contributed by atoms with Crippen molar-refractivity contribution in [1.82, 2.24) is 15.2 Å². The van der Waals surface area contributed by atoms with Gasteiger partial charge in [0.25, 0.3) is 5.91 Å². The monoisotopic (exact) mass is 642 g/mol. The van der Waals surface area contributed by atoms with E-state index in [4.69, 9.17) is 10.5 Å². The molecule has 0 bridgehead atoms. The van der Waals surface area contributed by atoms with Gasteiger partial charge in [0, 0.05) is 35.9 Å². The van der Waals surface area contributed by atoms with Crippen LogP contribution >= 0.6 is 0 Å². The third kappa shape index (κ3) is 6.70. The van der Waals surface area contributed by atoms with Gasteiger partial charge in [-0.3, -0.25) is 19.2 Å². The van der Waals surface area contributed by atoms with Crippen LogP contribution in [0.1, 0.15) is 34.9 Å². The number of ether oxygens (including phenoxy) is 1. The number of nitrogens with two attached hydrogens (primary N) is 1. The van der Waals surface area contributed by atoms with Crippen LogP contribution in [0.15, 0.2) is 60.7 Å². The molecule has 0 unspecified atom stereocenters. The highest BCUT2D eigenvalue weighted by atomic mass is 19.2. The van der Waals surface area contributed by atoms with Gasteiger partial charge in [0.05, 0.1) is 6.04 Å². The van der Waals surface area contributed by atoms with E-state index in [-0.39, 0.29) is 24.6 Å². The van der Waals surface area contributed by atoms with E-state index >= 15 is 0 Å². The van der Waals surface area contributed by atoms with Crippen molar-refractivity contribution in [3.63, 3.8) is 0 Å². The Balaban J connectivity index is 1.50. The van der Waals surface area contributed by atoms with Crippen molar-refractivity contribution in [2.75, 3.05) is 13.2 Å². The Labute approximate surface area is 258 Å². The maximum absolute atomic E-state index is 14.2. The first-order valence-corrected chi connectivity index (χ1v) is 14.2. The molecule has 0 radical (unpaired) electrons. The summed E-state index contributed by atoms with van der Waals surface area (Å²) in [6.07, 6.45) is -0.134. The van der Waals surface area contributed by atoms with Gasteiger partial charge >= 0.3 is 0 Å². The lowest BCUT2D eigenvalue weighted by atomic mass is 9.95. The highest BCUT2D eigenvalue weighted by Crippen LogP contribution is 2.29. The Kier molecular flexibility index (Phi) is 9.35. The summed E-state index contributed by atoms with van der Waals surface area (Å²) >= 11 is 0. The summed E-state index contributed by atoms with van der Waals surface area (Å²) in [5.41, 5.74) is 6.39. The number of hydrogen-bond donors (Lipinski definition) is 3. The summed E-state index contributed by atoms with van der Waals surface area (Å²) in [6.45, 7) is -0.836. The molecule has 0 aliphatic carbocycles. The molecule has 9 nitrogen and oxygen atoms in total. The molecule has 3 amide bonds. The van der Waals surface area contributed by atoms with E-state index in [1.165, 1.54) is 28.8 Å². The fourth-order valence-electron chi connectivity index (χ4n) is 5.50. The van der Waals surface area contributed by atoms with Crippen LogP contribution in [0.4, 0.5) is 22.0 Å². The lowest BCUT2D eigenvalue weighted by molar-refractivity contribution is -0.132. The number of primary amides is 1. The van der Waals surface area contributed by atoms with Gasteiger partial charge in [0.15, 0.2) is 23.2 Å². The number of aromatic nitrogens is 1. The van der Waals surface area contributed by atoms with E-state index < -0.39 is 82.9 Å². The third-order valence-corrected chi connectivity index (χ3v) is 7.75. The minimum atomic E-state index is -1.86. The molecule has 0 saturated carbocycles. The number of ketones is 1. The fraction of sp³-hybridized carbons (Fsp3) is 0.250. The van der Waals surface area contributed by atoms with Gasteiger partial charge in [0.2, 0.25) is 23.4 Å². The van der Waals surface area contributed by atoms with Crippen molar-refractivity contribution >= 4 is 34.4 Å². The van der Waals surface area contributed by atoms with Gasteiger partial charge in [-0.25, -0.2) is 13.2 Å². The van der Waals surface area contributed by atoms with Crippen LogP contribution in [-0.2, 0) is 20.8 Å². The molecule has 4 aromatic rings. The van der Waals surface area contributed by atoms with Crippen molar-refractivity contribution in [3.8, 4) is 5.75 Å². The van der Waals surface area contributed by atoms with E-state index in [1.807, 2.05) is 0 Å². The van der Waals surface area contributed by atoms with E-state index in [1.54, 1.807) is 30.3 Å². The summed E-state index contributed by atoms with van der Waals surface area (Å²) in [7, 11) is 0. The predicted molar refractivity (Wildman–Crippen MR) is 154 cm³/mol. The molecule has 3 atom stereocenters. The van der Waals surface area contributed by atoms with Crippen LogP contribution in [0.3, 0.4) is 0 Å². The number of benzene rings is 3. The van der Waals surface area contributed by atoms with Gasteiger partial charge in [-0.2, -0.15) is 8.78 Å². The molecule has 3 aromatic carbocycles. The van der Waals surface area contributed by atoms with Crippen LogP contribution in [0.5, 0.6) is 5.75 Å². The summed E-state index contributed by atoms with van der Waals surface area (Å²) in [6, 6.07) is 10.7. The number of carbonyl (C=O) groups is 4. The molecule has 240 valence electrons. The lowest BCUT2D eigenvalue weighted by Crippen LogP contribution is -2.48. The van der Waals surface area contributed by atoms with Crippen molar-refractivity contribution in [1.29, 1.82) is 0 Å². The minimum absolute atomic E-state index is 0.0227. The van der Waals surface area contributed by atoms with Crippen LogP contribution in [0.2, 0.25) is 0 Å². The van der Waals surface area contributed by atoms with E-state index in [0.29, 0.717) is 29.4 Å². The van der Waals surface area contributed by atoms with Crippen LogP contribution < -0.4 is 21.1 Å². The highest BCUT2D eigenvalue weighted by Gasteiger charge is 2.35. The van der Waals surface area contributed by atoms with Gasteiger partial charge in [-0.1, -0.05) is 30.3 Å².